The summed E-state index contributed by atoms with van der Waals surface area (Å²) < 4.78 is 2.25. The maximum absolute atomic E-state index is 14.1. The number of carbonyl (C=O) groups excluding carboxylic acids is 1. The van der Waals surface area contributed by atoms with Crippen LogP contribution >= 0.6 is 23.4 Å². The van der Waals surface area contributed by atoms with Crippen molar-refractivity contribution in [3.05, 3.63) is 143 Å². The molecule has 1 aromatic heterocycles. The van der Waals surface area contributed by atoms with E-state index in [1.54, 1.807) is 11.8 Å². The molecule has 0 unspecified atom stereocenters. The third-order valence-electron chi connectivity index (χ3n) is 6.04. The molecule has 172 valence electrons. The predicted molar refractivity (Wildman–Crippen MR) is 147 cm³/mol. The van der Waals surface area contributed by atoms with Crippen LogP contribution in [0, 0.1) is 0 Å². The summed E-state index contributed by atoms with van der Waals surface area (Å²) in [4.78, 5) is 14.1. The Balaban J connectivity index is 1.86. The molecule has 0 aliphatic rings. The first-order chi connectivity index (χ1) is 17.2. The molecule has 2 nitrogen and oxygen atoms in total. The van der Waals surface area contributed by atoms with Gasteiger partial charge in [0, 0.05) is 34.0 Å². The highest BCUT2D eigenvalue weighted by Crippen LogP contribution is 2.41. The lowest BCUT2D eigenvalue weighted by Gasteiger charge is -2.14. The molecule has 0 bridgehead atoms. The second-order valence-electron chi connectivity index (χ2n) is 8.24. The van der Waals surface area contributed by atoms with Crippen molar-refractivity contribution in [3.8, 4) is 16.8 Å². The van der Waals surface area contributed by atoms with Gasteiger partial charge in [0.15, 0.2) is 5.78 Å². The Kier molecular flexibility index (Phi) is 6.89. The summed E-state index contributed by atoms with van der Waals surface area (Å²) in [7, 11) is 0. The van der Waals surface area contributed by atoms with Crippen LogP contribution < -0.4 is 0 Å². The number of aromatic nitrogens is 1. The van der Waals surface area contributed by atoms with Crippen molar-refractivity contribution in [1.82, 2.24) is 4.57 Å². The molecule has 35 heavy (non-hydrogen) atoms. The average molecular weight is 494 g/mol. The van der Waals surface area contributed by atoms with E-state index in [9.17, 15) is 4.79 Å². The monoisotopic (exact) mass is 493 g/mol. The van der Waals surface area contributed by atoms with Crippen LogP contribution in [0.5, 0.6) is 0 Å². The molecule has 1 heterocycles. The van der Waals surface area contributed by atoms with Gasteiger partial charge in [-0.3, -0.25) is 4.79 Å². The van der Waals surface area contributed by atoms with Crippen molar-refractivity contribution in [1.29, 1.82) is 0 Å². The zero-order chi connectivity index (χ0) is 24.2. The number of thioether (sulfide) groups is 1. The highest BCUT2D eigenvalue weighted by Gasteiger charge is 2.29. The Morgan fingerprint density at radius 2 is 1.34 bits per heavy atom. The lowest BCUT2D eigenvalue weighted by Crippen LogP contribution is -2.04. The molecule has 0 fully saturated rings. The lowest BCUT2D eigenvalue weighted by atomic mass is 9.94. The number of carbonyl (C=O) groups is 1. The molecule has 4 heteroatoms. The summed E-state index contributed by atoms with van der Waals surface area (Å²) in [5.41, 5.74) is 6.62. The van der Waals surface area contributed by atoms with Gasteiger partial charge in [-0.05, 0) is 41.6 Å². The van der Waals surface area contributed by atoms with Crippen LogP contribution in [-0.2, 0) is 6.42 Å². The predicted octanol–water partition coefficient (Wildman–Crippen LogP) is 8.34. The molecule has 0 N–H and O–H groups in total. The zero-order valence-electron chi connectivity index (χ0n) is 19.3. The first kappa shape index (κ1) is 23.2. The minimum absolute atomic E-state index is 0.0175. The Morgan fingerprint density at radius 1 is 0.771 bits per heavy atom. The quantitative estimate of drug-likeness (QED) is 0.168. The summed E-state index contributed by atoms with van der Waals surface area (Å²) in [5, 5.41) is 1.60. The molecule has 0 atom stereocenters. The second kappa shape index (κ2) is 10.4. The standard InChI is InChI=1S/C31H24ClNOS/c1-35-31-29(30(34)24-13-7-3-8-14-24)28(23-17-19-25(32)20-18-23)27(21-22-11-5-2-6-12-22)33(31)26-15-9-4-10-16-26/h2-20H,21H2,1H3. The first-order valence-electron chi connectivity index (χ1n) is 11.4. The molecule has 0 saturated carbocycles. The highest BCUT2D eigenvalue weighted by molar-refractivity contribution is 7.98. The zero-order valence-corrected chi connectivity index (χ0v) is 20.9. The third-order valence-corrected chi connectivity index (χ3v) is 7.07. The molecule has 4 aromatic carbocycles. The van der Waals surface area contributed by atoms with E-state index in [0.717, 1.165) is 33.1 Å². The smallest absolute Gasteiger partial charge is 0.196 e. The summed E-state index contributed by atoms with van der Waals surface area (Å²) >= 11 is 7.85. The van der Waals surface area contributed by atoms with Crippen LogP contribution in [0.4, 0.5) is 0 Å². The molecular formula is C31H24ClNOS. The third kappa shape index (κ3) is 4.70. The van der Waals surface area contributed by atoms with Crippen molar-refractivity contribution in [2.24, 2.45) is 0 Å². The fraction of sp³-hybridized carbons (Fsp3) is 0.0645. The van der Waals surface area contributed by atoms with Gasteiger partial charge in [-0.1, -0.05) is 103 Å². The number of ketones is 1. The molecule has 0 radical (unpaired) electrons. The largest absolute Gasteiger partial charge is 0.307 e. The summed E-state index contributed by atoms with van der Waals surface area (Å²) in [6.45, 7) is 0. The Hall–Kier alpha value is -3.53. The maximum Gasteiger partial charge on any atom is 0.196 e. The number of hydrogen-bond acceptors (Lipinski definition) is 2. The Morgan fingerprint density at radius 3 is 1.94 bits per heavy atom. The number of para-hydroxylation sites is 1. The normalized spacial score (nSPS) is 10.9. The fourth-order valence-electron chi connectivity index (χ4n) is 4.47. The van der Waals surface area contributed by atoms with E-state index in [2.05, 4.69) is 41.0 Å². The van der Waals surface area contributed by atoms with Crippen LogP contribution in [-0.4, -0.2) is 16.6 Å². The molecule has 0 aliphatic heterocycles. The Bertz CT molecular complexity index is 1440. The number of nitrogens with zero attached hydrogens (tertiary/aromatic N) is 1. The fourth-order valence-corrected chi connectivity index (χ4v) is 5.39. The number of rotatable bonds is 7. The van der Waals surface area contributed by atoms with Gasteiger partial charge in [-0.15, -0.1) is 11.8 Å². The molecule has 0 saturated heterocycles. The molecule has 0 amide bonds. The summed E-state index contributed by atoms with van der Waals surface area (Å²) in [6, 6.07) is 38.0. The Labute approximate surface area is 215 Å². The van der Waals surface area contributed by atoms with Crippen LogP contribution in [0.1, 0.15) is 27.2 Å². The van der Waals surface area contributed by atoms with Gasteiger partial charge in [0.25, 0.3) is 0 Å². The topological polar surface area (TPSA) is 22.0 Å². The van der Waals surface area contributed by atoms with Crippen LogP contribution in [0.2, 0.25) is 5.02 Å². The summed E-state index contributed by atoms with van der Waals surface area (Å²) in [6.07, 6.45) is 2.72. The van der Waals surface area contributed by atoms with Gasteiger partial charge < -0.3 is 4.57 Å². The highest BCUT2D eigenvalue weighted by atomic mass is 35.5. The van der Waals surface area contributed by atoms with Crippen molar-refractivity contribution in [2.45, 2.75) is 11.4 Å². The molecule has 0 spiro atoms. The van der Waals surface area contributed by atoms with Gasteiger partial charge in [-0.2, -0.15) is 0 Å². The van der Waals surface area contributed by atoms with E-state index in [0.29, 0.717) is 17.0 Å². The number of halogens is 1. The molecule has 5 rings (SSSR count). The van der Waals surface area contributed by atoms with E-state index in [4.69, 9.17) is 11.6 Å². The van der Waals surface area contributed by atoms with Crippen molar-refractivity contribution in [2.75, 3.05) is 6.26 Å². The first-order valence-corrected chi connectivity index (χ1v) is 13.0. The molecule has 5 aromatic rings. The van der Waals surface area contributed by atoms with Gasteiger partial charge in [0.2, 0.25) is 0 Å². The number of hydrogen-bond donors (Lipinski definition) is 0. The van der Waals surface area contributed by atoms with Crippen LogP contribution in [0.15, 0.2) is 120 Å². The van der Waals surface area contributed by atoms with Gasteiger partial charge in [-0.25, -0.2) is 0 Å². The van der Waals surface area contributed by atoms with Crippen LogP contribution in [0.3, 0.4) is 0 Å². The average Bonchev–Trinajstić information content (AvgIpc) is 3.24. The van der Waals surface area contributed by atoms with Gasteiger partial charge in [0.1, 0.15) is 0 Å². The molecular weight excluding hydrogens is 470 g/mol. The van der Waals surface area contributed by atoms with Crippen molar-refractivity contribution in [3.63, 3.8) is 0 Å². The van der Waals surface area contributed by atoms with Crippen molar-refractivity contribution >= 4 is 29.1 Å². The van der Waals surface area contributed by atoms with E-state index in [1.165, 1.54) is 5.56 Å². The number of benzene rings is 4. The van der Waals surface area contributed by atoms with E-state index in [-0.39, 0.29) is 5.78 Å². The van der Waals surface area contributed by atoms with Crippen LogP contribution in [0.25, 0.3) is 16.8 Å². The van der Waals surface area contributed by atoms with Crippen molar-refractivity contribution < 1.29 is 4.79 Å². The lowest BCUT2D eigenvalue weighted by molar-refractivity contribution is 0.103. The van der Waals surface area contributed by atoms with Gasteiger partial charge in [0.05, 0.1) is 10.6 Å². The molecule has 0 aliphatic carbocycles. The SMILES string of the molecule is CSc1c(C(=O)c2ccccc2)c(-c2ccc(Cl)cc2)c(Cc2ccccc2)n1-c1ccccc1. The minimum Gasteiger partial charge on any atom is -0.307 e. The summed E-state index contributed by atoms with van der Waals surface area (Å²) in [5.74, 6) is 0.0175. The van der Waals surface area contributed by atoms with E-state index < -0.39 is 0 Å². The van der Waals surface area contributed by atoms with Gasteiger partial charge >= 0.3 is 0 Å². The minimum atomic E-state index is 0.0175. The maximum atomic E-state index is 14.1. The van der Waals surface area contributed by atoms with E-state index >= 15 is 0 Å². The second-order valence-corrected chi connectivity index (χ2v) is 9.47. The van der Waals surface area contributed by atoms with E-state index in [1.807, 2.05) is 85.1 Å².